The van der Waals surface area contributed by atoms with Gasteiger partial charge in [0, 0.05) is 23.0 Å². The number of carbonyl (C=O) groups is 1. The topological polar surface area (TPSA) is 61.5 Å². The van der Waals surface area contributed by atoms with Gasteiger partial charge in [-0.05, 0) is 31.5 Å². The van der Waals surface area contributed by atoms with Crippen LogP contribution in [-0.2, 0) is 9.53 Å². The summed E-state index contributed by atoms with van der Waals surface area (Å²) < 4.78 is 10.2. The summed E-state index contributed by atoms with van der Waals surface area (Å²) >= 11 is 5.91. The van der Waals surface area contributed by atoms with E-state index < -0.39 is 0 Å². The molecule has 0 fully saturated rings. The Kier molecular flexibility index (Phi) is 5.95. The first-order valence-corrected chi connectivity index (χ1v) is 6.17. The molecule has 0 aliphatic rings. The van der Waals surface area contributed by atoms with Crippen LogP contribution in [0.3, 0.4) is 0 Å². The van der Waals surface area contributed by atoms with E-state index in [1.165, 1.54) is 7.11 Å². The van der Waals surface area contributed by atoms with E-state index >= 15 is 0 Å². The van der Waals surface area contributed by atoms with Crippen LogP contribution >= 0.6 is 11.6 Å². The number of methoxy groups -OCH3 is 1. The molecule has 0 aliphatic heterocycles. The molecule has 0 aromatic heterocycles. The number of hydrogen-bond acceptors (Lipinski definition) is 4. The third-order valence-electron chi connectivity index (χ3n) is 2.47. The molecule has 1 unspecified atom stereocenters. The molecule has 18 heavy (non-hydrogen) atoms. The maximum atomic E-state index is 10.9. The average Bonchev–Trinajstić information content (AvgIpc) is 2.35. The van der Waals surface area contributed by atoms with Gasteiger partial charge in [0.1, 0.15) is 5.75 Å². The van der Waals surface area contributed by atoms with Gasteiger partial charge in [0.2, 0.25) is 0 Å². The van der Waals surface area contributed by atoms with Crippen LogP contribution in [0.2, 0.25) is 5.02 Å². The number of nitrogens with two attached hydrogens (primary N) is 1. The molecule has 0 heterocycles. The second kappa shape index (κ2) is 7.24. The Balaban J connectivity index is 2.54. The fourth-order valence-corrected chi connectivity index (χ4v) is 1.69. The highest BCUT2D eigenvalue weighted by Gasteiger charge is 2.09. The summed E-state index contributed by atoms with van der Waals surface area (Å²) in [5.74, 6) is 0.474. The van der Waals surface area contributed by atoms with Crippen molar-refractivity contribution in [3.8, 4) is 5.75 Å². The van der Waals surface area contributed by atoms with E-state index in [2.05, 4.69) is 4.74 Å². The number of esters is 1. The number of halogens is 1. The summed E-state index contributed by atoms with van der Waals surface area (Å²) in [5, 5.41) is 0.629. The van der Waals surface area contributed by atoms with Crippen LogP contribution in [0.25, 0.3) is 0 Å². The zero-order valence-electron chi connectivity index (χ0n) is 10.6. The van der Waals surface area contributed by atoms with Gasteiger partial charge in [-0.25, -0.2) is 0 Å². The normalized spacial score (nSPS) is 12.0. The summed E-state index contributed by atoms with van der Waals surface area (Å²) in [7, 11) is 1.37. The van der Waals surface area contributed by atoms with Crippen LogP contribution in [0.4, 0.5) is 0 Å². The summed E-state index contributed by atoms with van der Waals surface area (Å²) in [6.07, 6.45) is 0.950. The predicted molar refractivity (Wildman–Crippen MR) is 70.8 cm³/mol. The Bertz CT molecular complexity index is 407. The van der Waals surface area contributed by atoms with E-state index in [4.69, 9.17) is 22.1 Å². The highest BCUT2D eigenvalue weighted by atomic mass is 35.5. The fourth-order valence-electron chi connectivity index (χ4n) is 1.51. The first-order chi connectivity index (χ1) is 8.54. The smallest absolute Gasteiger partial charge is 0.305 e. The first-order valence-electron chi connectivity index (χ1n) is 5.79. The Morgan fingerprint density at radius 3 is 2.83 bits per heavy atom. The van der Waals surface area contributed by atoms with Crippen molar-refractivity contribution >= 4 is 17.6 Å². The number of hydrogen-bond donors (Lipinski definition) is 1. The second-order valence-electron chi connectivity index (χ2n) is 4.00. The van der Waals surface area contributed by atoms with Crippen molar-refractivity contribution in [2.45, 2.75) is 25.8 Å². The Hall–Kier alpha value is -1.26. The monoisotopic (exact) mass is 271 g/mol. The minimum atomic E-state index is -0.234. The van der Waals surface area contributed by atoms with Gasteiger partial charge >= 0.3 is 5.97 Å². The van der Waals surface area contributed by atoms with Crippen molar-refractivity contribution in [3.05, 3.63) is 28.8 Å². The molecule has 1 aromatic rings. The average molecular weight is 272 g/mol. The molecule has 1 aromatic carbocycles. The van der Waals surface area contributed by atoms with E-state index in [1.807, 2.05) is 6.92 Å². The van der Waals surface area contributed by atoms with Crippen molar-refractivity contribution in [1.29, 1.82) is 0 Å². The van der Waals surface area contributed by atoms with Crippen molar-refractivity contribution in [1.82, 2.24) is 0 Å². The molecule has 0 bridgehead atoms. The lowest BCUT2D eigenvalue weighted by molar-refractivity contribution is -0.140. The molecule has 1 atom stereocenters. The van der Waals surface area contributed by atoms with Gasteiger partial charge in [-0.1, -0.05) is 11.6 Å². The van der Waals surface area contributed by atoms with Crippen LogP contribution in [-0.4, -0.2) is 19.7 Å². The number of rotatable bonds is 6. The molecule has 0 amide bonds. The number of carbonyl (C=O) groups excluding carboxylic acids is 1. The molecule has 0 aliphatic carbocycles. The van der Waals surface area contributed by atoms with Crippen LogP contribution in [0.15, 0.2) is 18.2 Å². The van der Waals surface area contributed by atoms with Crippen molar-refractivity contribution in [2.75, 3.05) is 13.7 Å². The standard InChI is InChI=1S/C13H18ClNO3/c1-9(15)11-8-10(14)5-6-12(11)18-7-3-4-13(16)17-2/h5-6,8-9H,3-4,7,15H2,1-2H3. The van der Waals surface area contributed by atoms with Crippen molar-refractivity contribution in [2.24, 2.45) is 5.73 Å². The molecule has 0 saturated heterocycles. The van der Waals surface area contributed by atoms with E-state index in [9.17, 15) is 4.79 Å². The van der Waals surface area contributed by atoms with Gasteiger partial charge in [0.25, 0.3) is 0 Å². The zero-order chi connectivity index (χ0) is 13.5. The van der Waals surface area contributed by atoms with E-state index in [-0.39, 0.29) is 12.0 Å². The lowest BCUT2D eigenvalue weighted by atomic mass is 10.1. The second-order valence-corrected chi connectivity index (χ2v) is 4.44. The Morgan fingerprint density at radius 1 is 1.50 bits per heavy atom. The number of benzene rings is 1. The van der Waals surface area contributed by atoms with Gasteiger partial charge in [0.15, 0.2) is 0 Å². The van der Waals surface area contributed by atoms with Crippen LogP contribution in [0.1, 0.15) is 31.4 Å². The van der Waals surface area contributed by atoms with Gasteiger partial charge in [-0.2, -0.15) is 0 Å². The summed E-state index contributed by atoms with van der Waals surface area (Å²) in [5.41, 5.74) is 6.71. The quantitative estimate of drug-likeness (QED) is 0.638. The SMILES string of the molecule is COC(=O)CCCOc1ccc(Cl)cc1C(C)N. The molecule has 0 saturated carbocycles. The maximum absolute atomic E-state index is 10.9. The molecule has 5 heteroatoms. The minimum absolute atomic E-state index is 0.153. The zero-order valence-corrected chi connectivity index (χ0v) is 11.4. The lowest BCUT2D eigenvalue weighted by Crippen LogP contribution is -2.09. The fraction of sp³-hybridized carbons (Fsp3) is 0.462. The number of ether oxygens (including phenoxy) is 2. The summed E-state index contributed by atoms with van der Waals surface area (Å²) in [6.45, 7) is 2.31. The van der Waals surface area contributed by atoms with Crippen molar-refractivity contribution < 1.29 is 14.3 Å². The van der Waals surface area contributed by atoms with Crippen LogP contribution < -0.4 is 10.5 Å². The largest absolute Gasteiger partial charge is 0.493 e. The van der Waals surface area contributed by atoms with Crippen LogP contribution in [0.5, 0.6) is 5.75 Å². The summed E-state index contributed by atoms with van der Waals surface area (Å²) in [6, 6.07) is 5.18. The predicted octanol–water partition coefficient (Wildman–Crippen LogP) is 2.69. The molecule has 0 spiro atoms. The highest BCUT2D eigenvalue weighted by Crippen LogP contribution is 2.27. The molecular weight excluding hydrogens is 254 g/mol. The third-order valence-corrected chi connectivity index (χ3v) is 2.71. The molecule has 4 nitrogen and oxygen atoms in total. The maximum Gasteiger partial charge on any atom is 0.305 e. The molecule has 1 rings (SSSR count). The summed E-state index contributed by atoms with van der Waals surface area (Å²) in [4.78, 5) is 10.9. The van der Waals surface area contributed by atoms with Gasteiger partial charge in [-0.3, -0.25) is 4.79 Å². The molecule has 100 valence electrons. The van der Waals surface area contributed by atoms with Crippen LogP contribution in [0, 0.1) is 0 Å². The molecular formula is C13H18ClNO3. The Morgan fingerprint density at radius 2 is 2.22 bits per heavy atom. The molecule has 0 radical (unpaired) electrons. The molecule has 2 N–H and O–H groups in total. The highest BCUT2D eigenvalue weighted by molar-refractivity contribution is 6.30. The lowest BCUT2D eigenvalue weighted by Gasteiger charge is -2.14. The van der Waals surface area contributed by atoms with Gasteiger partial charge in [0.05, 0.1) is 13.7 Å². The van der Waals surface area contributed by atoms with Gasteiger partial charge < -0.3 is 15.2 Å². The van der Waals surface area contributed by atoms with E-state index in [0.717, 1.165) is 5.56 Å². The van der Waals surface area contributed by atoms with E-state index in [1.54, 1.807) is 18.2 Å². The van der Waals surface area contributed by atoms with Gasteiger partial charge in [-0.15, -0.1) is 0 Å². The van der Waals surface area contributed by atoms with E-state index in [0.29, 0.717) is 30.2 Å². The van der Waals surface area contributed by atoms with Crippen molar-refractivity contribution in [3.63, 3.8) is 0 Å². The minimum Gasteiger partial charge on any atom is -0.493 e. The first kappa shape index (κ1) is 14.8. The Labute approximate surface area is 112 Å². The third kappa shape index (κ3) is 4.55.